The molecule has 1 atom stereocenters. The summed E-state index contributed by atoms with van der Waals surface area (Å²) in [4.78, 5) is 14.8. The van der Waals surface area contributed by atoms with E-state index in [1.165, 1.54) is 38.8 Å². The Kier molecular flexibility index (Phi) is 5.31. The van der Waals surface area contributed by atoms with Gasteiger partial charge in [0.25, 0.3) is 0 Å². The highest BCUT2D eigenvalue weighted by Gasteiger charge is 2.44. The molecule has 142 valence electrons. The summed E-state index contributed by atoms with van der Waals surface area (Å²) in [5.41, 5.74) is 0.983. The molecule has 26 heavy (non-hydrogen) atoms. The van der Waals surface area contributed by atoms with Crippen LogP contribution in [0.2, 0.25) is 0 Å². The van der Waals surface area contributed by atoms with E-state index in [9.17, 15) is 4.79 Å². The molecule has 3 heterocycles. The highest BCUT2D eigenvalue weighted by molar-refractivity contribution is 5.89. The first kappa shape index (κ1) is 17.6. The van der Waals surface area contributed by atoms with Crippen LogP contribution in [0, 0.1) is 0 Å². The molecule has 0 aromatic heterocycles. The molecule has 1 unspecified atom stereocenters. The van der Waals surface area contributed by atoms with Crippen molar-refractivity contribution in [2.75, 3.05) is 38.2 Å². The minimum Gasteiger partial charge on any atom is -0.491 e. The quantitative estimate of drug-likeness (QED) is 0.820. The van der Waals surface area contributed by atoms with Gasteiger partial charge in [0.2, 0.25) is 0 Å². The van der Waals surface area contributed by atoms with E-state index in [0.717, 1.165) is 37.4 Å². The molecule has 0 bridgehead atoms. The summed E-state index contributed by atoms with van der Waals surface area (Å²) in [6, 6.07) is 7.39. The summed E-state index contributed by atoms with van der Waals surface area (Å²) >= 11 is 0. The number of hydrogen-bond acceptors (Lipinski definition) is 4. The molecule has 3 saturated heterocycles. The number of ether oxygens (including phenoxy) is 2. The summed E-state index contributed by atoms with van der Waals surface area (Å²) in [6.45, 7) is 4.52. The highest BCUT2D eigenvalue weighted by Crippen LogP contribution is 2.38. The summed E-state index contributed by atoms with van der Waals surface area (Å²) < 4.78 is 11.3. The van der Waals surface area contributed by atoms with E-state index < -0.39 is 0 Å². The average molecular weight is 359 g/mol. The van der Waals surface area contributed by atoms with Crippen LogP contribution in [0.1, 0.15) is 38.5 Å². The molecule has 0 saturated carbocycles. The minimum absolute atomic E-state index is 0.133. The first-order valence-electron chi connectivity index (χ1n) is 9.88. The zero-order valence-corrected chi connectivity index (χ0v) is 15.3. The zero-order chi connectivity index (χ0) is 17.8. The van der Waals surface area contributed by atoms with Gasteiger partial charge in [0.15, 0.2) is 0 Å². The molecule has 6 nitrogen and oxygen atoms in total. The fourth-order valence-electron chi connectivity index (χ4n) is 4.53. The van der Waals surface area contributed by atoms with E-state index >= 15 is 0 Å². The molecule has 3 aliphatic heterocycles. The lowest BCUT2D eigenvalue weighted by atomic mass is 9.94. The van der Waals surface area contributed by atoms with Crippen LogP contribution in [0.4, 0.5) is 10.5 Å². The van der Waals surface area contributed by atoms with E-state index in [1.54, 1.807) is 0 Å². The normalized spacial score (nSPS) is 24.4. The van der Waals surface area contributed by atoms with Crippen molar-refractivity contribution in [3.8, 4) is 5.75 Å². The van der Waals surface area contributed by atoms with Crippen LogP contribution in [-0.4, -0.2) is 55.4 Å². The maximum atomic E-state index is 12.3. The molecule has 0 radical (unpaired) electrons. The Hall–Kier alpha value is -1.79. The van der Waals surface area contributed by atoms with Gasteiger partial charge < -0.3 is 20.1 Å². The Morgan fingerprint density at radius 2 is 1.96 bits per heavy atom. The van der Waals surface area contributed by atoms with Gasteiger partial charge in [0.1, 0.15) is 12.4 Å². The largest absolute Gasteiger partial charge is 0.491 e. The number of hydrogen-bond donors (Lipinski definition) is 2. The Morgan fingerprint density at radius 3 is 2.65 bits per heavy atom. The van der Waals surface area contributed by atoms with Gasteiger partial charge in [-0.2, -0.15) is 0 Å². The Labute approximate surface area is 155 Å². The summed E-state index contributed by atoms with van der Waals surface area (Å²) in [6.07, 6.45) is 7.29. The monoisotopic (exact) mass is 359 g/mol. The summed E-state index contributed by atoms with van der Waals surface area (Å²) in [5.74, 6) is 0.804. The predicted octanol–water partition coefficient (Wildman–Crippen LogP) is 2.99. The standard InChI is InChI=1S/C20H29N3O3/c24-19(21-15-20-9-2-11-23(20)12-3-10-20)22-16-5-7-17(8-6-16)26-14-18-4-1-13-25-18/h5-8,18H,1-4,9-15H2,(H2,21,22,24). The van der Waals surface area contributed by atoms with E-state index in [2.05, 4.69) is 15.5 Å². The number of fused-ring (bicyclic) bond motifs is 1. The molecule has 2 amide bonds. The van der Waals surface area contributed by atoms with Crippen molar-refractivity contribution < 1.29 is 14.3 Å². The lowest BCUT2D eigenvalue weighted by Crippen LogP contribution is -2.49. The number of nitrogens with zero attached hydrogens (tertiary/aromatic N) is 1. The van der Waals surface area contributed by atoms with Crippen molar-refractivity contribution in [1.82, 2.24) is 10.2 Å². The summed E-state index contributed by atoms with van der Waals surface area (Å²) in [5, 5.41) is 5.99. The average Bonchev–Trinajstić information content (AvgIpc) is 3.36. The second-order valence-electron chi connectivity index (χ2n) is 7.70. The van der Waals surface area contributed by atoms with Crippen molar-refractivity contribution in [1.29, 1.82) is 0 Å². The number of carbonyl (C=O) groups excluding carboxylic acids is 1. The van der Waals surface area contributed by atoms with Crippen LogP contribution in [0.25, 0.3) is 0 Å². The number of nitrogens with one attached hydrogen (secondary N) is 2. The molecule has 3 aliphatic rings. The van der Waals surface area contributed by atoms with Gasteiger partial charge in [-0.05, 0) is 75.9 Å². The van der Waals surface area contributed by atoms with E-state index in [0.29, 0.717) is 6.61 Å². The molecule has 0 aliphatic carbocycles. The fraction of sp³-hybridized carbons (Fsp3) is 0.650. The maximum Gasteiger partial charge on any atom is 0.319 e. The molecular formula is C20H29N3O3. The minimum atomic E-state index is -0.133. The van der Waals surface area contributed by atoms with Crippen LogP contribution < -0.4 is 15.4 Å². The lowest BCUT2D eigenvalue weighted by Gasteiger charge is -2.32. The lowest BCUT2D eigenvalue weighted by molar-refractivity contribution is 0.0679. The van der Waals surface area contributed by atoms with Gasteiger partial charge in [-0.25, -0.2) is 4.79 Å². The third-order valence-electron chi connectivity index (χ3n) is 5.96. The number of benzene rings is 1. The topological polar surface area (TPSA) is 62.8 Å². The van der Waals surface area contributed by atoms with Gasteiger partial charge >= 0.3 is 6.03 Å². The van der Waals surface area contributed by atoms with Crippen LogP contribution in [0.15, 0.2) is 24.3 Å². The third kappa shape index (κ3) is 3.96. The highest BCUT2D eigenvalue weighted by atomic mass is 16.5. The number of urea groups is 1. The van der Waals surface area contributed by atoms with Crippen LogP contribution >= 0.6 is 0 Å². The van der Waals surface area contributed by atoms with Crippen LogP contribution in [0.5, 0.6) is 5.75 Å². The van der Waals surface area contributed by atoms with Gasteiger partial charge in [0.05, 0.1) is 6.10 Å². The molecule has 1 aromatic carbocycles. The van der Waals surface area contributed by atoms with Crippen molar-refractivity contribution in [2.24, 2.45) is 0 Å². The molecule has 3 fully saturated rings. The van der Waals surface area contributed by atoms with Crippen molar-refractivity contribution in [2.45, 2.75) is 50.2 Å². The molecule has 6 heteroatoms. The Morgan fingerprint density at radius 1 is 1.19 bits per heavy atom. The molecule has 1 aromatic rings. The number of amides is 2. The Bertz CT molecular complexity index is 603. The predicted molar refractivity (Wildman–Crippen MR) is 101 cm³/mol. The maximum absolute atomic E-state index is 12.3. The molecule has 4 rings (SSSR count). The second-order valence-corrected chi connectivity index (χ2v) is 7.70. The smallest absolute Gasteiger partial charge is 0.319 e. The van der Waals surface area contributed by atoms with Gasteiger partial charge in [-0.1, -0.05) is 0 Å². The van der Waals surface area contributed by atoms with E-state index in [1.807, 2.05) is 24.3 Å². The van der Waals surface area contributed by atoms with Gasteiger partial charge in [-0.15, -0.1) is 0 Å². The number of rotatable bonds is 6. The van der Waals surface area contributed by atoms with Crippen molar-refractivity contribution in [3.63, 3.8) is 0 Å². The molecule has 2 N–H and O–H groups in total. The van der Waals surface area contributed by atoms with Crippen molar-refractivity contribution in [3.05, 3.63) is 24.3 Å². The van der Waals surface area contributed by atoms with Gasteiger partial charge in [-0.3, -0.25) is 4.90 Å². The first-order valence-corrected chi connectivity index (χ1v) is 9.88. The number of carbonyl (C=O) groups is 1. The second kappa shape index (κ2) is 7.84. The van der Waals surface area contributed by atoms with Crippen molar-refractivity contribution >= 4 is 11.7 Å². The van der Waals surface area contributed by atoms with Crippen LogP contribution in [-0.2, 0) is 4.74 Å². The zero-order valence-electron chi connectivity index (χ0n) is 15.3. The Balaban J connectivity index is 1.22. The first-order chi connectivity index (χ1) is 12.7. The molecule has 0 spiro atoms. The molecular weight excluding hydrogens is 330 g/mol. The SMILES string of the molecule is O=C(NCC12CCCN1CCC2)Nc1ccc(OCC2CCCO2)cc1. The van der Waals surface area contributed by atoms with E-state index in [4.69, 9.17) is 9.47 Å². The third-order valence-corrected chi connectivity index (χ3v) is 5.96. The summed E-state index contributed by atoms with van der Waals surface area (Å²) in [7, 11) is 0. The number of anilines is 1. The van der Waals surface area contributed by atoms with E-state index in [-0.39, 0.29) is 17.7 Å². The fourth-order valence-corrected chi connectivity index (χ4v) is 4.53. The van der Waals surface area contributed by atoms with Crippen LogP contribution in [0.3, 0.4) is 0 Å². The van der Waals surface area contributed by atoms with Gasteiger partial charge in [0, 0.05) is 24.4 Å².